The van der Waals surface area contributed by atoms with Gasteiger partial charge in [-0.3, -0.25) is 0 Å². The molecule has 0 N–H and O–H groups in total. The monoisotopic (exact) mass is 275 g/mol. The van der Waals surface area contributed by atoms with Gasteiger partial charge in [-0.1, -0.05) is 7.43 Å². The van der Waals surface area contributed by atoms with Crippen molar-refractivity contribution in [3.8, 4) is 0 Å². The molecule has 33 valence electrons. The van der Waals surface area contributed by atoms with Crippen molar-refractivity contribution >= 4 is 28.3 Å². The summed E-state index contributed by atoms with van der Waals surface area (Å²) in [6.45, 7) is 0. The fourth-order valence-electron chi connectivity index (χ4n) is 0. The van der Waals surface area contributed by atoms with E-state index in [0.29, 0.717) is 0 Å². The van der Waals surface area contributed by atoms with E-state index >= 15 is 0 Å². The van der Waals surface area contributed by atoms with Crippen LogP contribution in [0.3, 0.4) is 0 Å². The molecule has 0 aromatic rings. The smallest absolute Gasteiger partial charge is 0.0776 e. The molecule has 0 aliphatic rings. The van der Waals surface area contributed by atoms with Crippen molar-refractivity contribution in [1.29, 1.82) is 0 Å². The molecule has 0 rings (SSSR count). The van der Waals surface area contributed by atoms with Crippen LogP contribution in [0.1, 0.15) is 7.43 Å². The first-order valence-corrected chi connectivity index (χ1v) is 0. The Hall–Kier alpha value is 1.49. The van der Waals surface area contributed by atoms with Gasteiger partial charge in [-0.15, -0.1) is 0 Å². The SMILES string of the molecule is C.[AlH3].[Au].[SiH4]. The van der Waals surface area contributed by atoms with Gasteiger partial charge in [0.2, 0.25) is 0 Å². The first-order valence-electron chi connectivity index (χ1n) is 0. The van der Waals surface area contributed by atoms with Gasteiger partial charge >= 0.3 is 0 Å². The van der Waals surface area contributed by atoms with Crippen LogP contribution in [0, 0.1) is 0 Å². The second kappa shape index (κ2) is 24.6. The third-order valence-electron chi connectivity index (χ3n) is 0. The average Bonchev–Trinajstić information content (AvgIpc) is 0. The van der Waals surface area contributed by atoms with Crippen molar-refractivity contribution in [3.63, 3.8) is 0 Å². The molecule has 0 spiro atoms. The minimum atomic E-state index is 0. The van der Waals surface area contributed by atoms with Crippen LogP contribution in [-0.4, -0.2) is 28.3 Å². The maximum atomic E-state index is 0. The summed E-state index contributed by atoms with van der Waals surface area (Å²) < 4.78 is 0. The summed E-state index contributed by atoms with van der Waals surface area (Å²) in [6.07, 6.45) is 0. The second-order valence-corrected chi connectivity index (χ2v) is 0. The van der Waals surface area contributed by atoms with Gasteiger partial charge < -0.3 is 0 Å². The maximum absolute atomic E-state index is 0. The van der Waals surface area contributed by atoms with Gasteiger partial charge in [0.15, 0.2) is 17.4 Å². The topological polar surface area (TPSA) is 0 Å². The number of rotatable bonds is 0. The van der Waals surface area contributed by atoms with Crippen molar-refractivity contribution in [2.75, 3.05) is 0 Å². The van der Waals surface area contributed by atoms with Gasteiger partial charge in [0.1, 0.15) is 0 Å². The molecule has 0 bridgehead atoms. The molecule has 0 heterocycles. The largest absolute Gasteiger partial charge is 0.187 e. The van der Waals surface area contributed by atoms with E-state index in [-0.39, 0.29) is 58.1 Å². The first-order chi connectivity index (χ1) is 0. The zero-order valence-corrected chi connectivity index (χ0v) is 2.47. The quantitative estimate of drug-likeness (QED) is 0.449. The molecule has 0 unspecified atom stereocenters. The molecular weight excluding hydrogens is 264 g/mol. The van der Waals surface area contributed by atoms with Crippen LogP contribution in [0.15, 0.2) is 0 Å². The number of hydrogen-bond donors (Lipinski definition) is 0. The van der Waals surface area contributed by atoms with Crippen LogP contribution >= 0.6 is 0 Å². The second-order valence-electron chi connectivity index (χ2n) is 0. The zero-order valence-electron chi connectivity index (χ0n) is 0.302. The van der Waals surface area contributed by atoms with Crippen molar-refractivity contribution in [2.45, 2.75) is 7.43 Å². The van der Waals surface area contributed by atoms with Crippen LogP contribution in [0.4, 0.5) is 0 Å². The van der Waals surface area contributed by atoms with E-state index in [9.17, 15) is 0 Å². The predicted octanol–water partition coefficient (Wildman–Crippen LogP) is -2.00. The fraction of sp³-hybridized carbons (Fsp3) is 1.00. The molecule has 0 saturated carbocycles. The number of hydrogen-bond acceptors (Lipinski definition) is 0. The van der Waals surface area contributed by atoms with E-state index in [1.54, 1.807) is 0 Å². The van der Waals surface area contributed by atoms with Gasteiger partial charge in [0.25, 0.3) is 0 Å². The van der Waals surface area contributed by atoms with E-state index in [2.05, 4.69) is 0 Å². The Morgan fingerprint density at radius 3 is 1.00 bits per heavy atom. The standard InChI is InChI=1S/CH4.Al.Au.H4Si.3H/h1H4;;;1H4;;;. The Labute approximate surface area is 58.0 Å². The van der Waals surface area contributed by atoms with Crippen molar-refractivity contribution in [3.05, 3.63) is 0 Å². The first kappa shape index (κ1) is 49.9. The molecule has 0 nitrogen and oxygen atoms in total. The summed E-state index contributed by atoms with van der Waals surface area (Å²) in [5.74, 6) is 0. The van der Waals surface area contributed by atoms with E-state index in [1.165, 1.54) is 0 Å². The van der Waals surface area contributed by atoms with E-state index in [4.69, 9.17) is 0 Å². The van der Waals surface area contributed by atoms with Gasteiger partial charge in [0.05, 0.1) is 0 Å². The fourth-order valence-corrected chi connectivity index (χ4v) is 0. The zero-order chi connectivity index (χ0) is 0. The third-order valence-corrected chi connectivity index (χ3v) is 0. The molecule has 0 saturated heterocycles. The Balaban J connectivity index is 0. The Kier molecular flexibility index (Phi) is 307. The molecule has 0 aromatic heterocycles. The molecule has 4 heavy (non-hydrogen) atoms. The molecule has 0 fully saturated rings. The molecule has 0 aromatic carbocycles. The summed E-state index contributed by atoms with van der Waals surface area (Å²) in [5, 5.41) is 0. The summed E-state index contributed by atoms with van der Waals surface area (Å²) >= 11 is 0. The van der Waals surface area contributed by atoms with Gasteiger partial charge in [-0.25, -0.2) is 0 Å². The van der Waals surface area contributed by atoms with Crippen molar-refractivity contribution in [2.24, 2.45) is 0 Å². The molecule has 0 aliphatic carbocycles. The summed E-state index contributed by atoms with van der Waals surface area (Å²) in [6, 6.07) is 0. The van der Waals surface area contributed by atoms with Crippen molar-refractivity contribution < 1.29 is 22.4 Å². The average molecular weight is 275 g/mol. The van der Waals surface area contributed by atoms with Crippen molar-refractivity contribution in [1.82, 2.24) is 0 Å². The van der Waals surface area contributed by atoms with E-state index in [1.807, 2.05) is 0 Å². The summed E-state index contributed by atoms with van der Waals surface area (Å²) in [4.78, 5) is 0. The molecular formula is CH11AlAuSi. The van der Waals surface area contributed by atoms with Gasteiger partial charge in [-0.05, 0) is 11.0 Å². The molecule has 1 radical (unpaired) electrons. The maximum Gasteiger partial charge on any atom is 0.187 e. The Bertz CT molecular complexity index is 8.00. The Morgan fingerprint density at radius 1 is 1.00 bits per heavy atom. The third kappa shape index (κ3) is 9.75. The van der Waals surface area contributed by atoms with E-state index < -0.39 is 0 Å². The van der Waals surface area contributed by atoms with E-state index in [0.717, 1.165) is 0 Å². The van der Waals surface area contributed by atoms with Crippen LogP contribution in [-0.2, 0) is 22.4 Å². The summed E-state index contributed by atoms with van der Waals surface area (Å²) in [7, 11) is 0. The minimum Gasteiger partial charge on any atom is -0.0776 e. The van der Waals surface area contributed by atoms with Crippen LogP contribution < -0.4 is 0 Å². The molecule has 3 heteroatoms. The molecule has 0 aliphatic heterocycles. The van der Waals surface area contributed by atoms with Crippen LogP contribution in [0.25, 0.3) is 0 Å². The Morgan fingerprint density at radius 2 is 1.00 bits per heavy atom. The molecule has 0 amide bonds. The summed E-state index contributed by atoms with van der Waals surface area (Å²) in [5.41, 5.74) is 0. The van der Waals surface area contributed by atoms with Crippen LogP contribution in [0.2, 0.25) is 0 Å². The predicted molar refractivity (Wildman–Crippen MR) is 28.0 cm³/mol. The van der Waals surface area contributed by atoms with Gasteiger partial charge in [-0.2, -0.15) is 0 Å². The normalized spacial score (nSPS) is 0. The van der Waals surface area contributed by atoms with Crippen LogP contribution in [0.5, 0.6) is 0 Å². The molecule has 0 atom stereocenters. The van der Waals surface area contributed by atoms with Gasteiger partial charge in [0, 0.05) is 22.4 Å². The minimum absolute atomic E-state index is 0.